The van der Waals surface area contributed by atoms with Crippen LogP contribution in [-0.2, 0) is 4.79 Å². The van der Waals surface area contributed by atoms with E-state index in [9.17, 15) is 4.79 Å². The standard InChI is InChI=1S/C8H7N.C5H6O/c1-2-4-8-7(3-1)5-6-9-8;1-3-5(6)4-2/h1-6,9H;3-4H,1-2H2. The maximum absolute atomic E-state index is 9.94. The Morgan fingerprint density at radius 2 is 1.80 bits per heavy atom. The SMILES string of the molecule is C=CC(=O)C=C.c1ccc2[nH]ccc2c1. The van der Waals surface area contributed by atoms with Gasteiger partial charge in [-0.3, -0.25) is 4.79 Å². The number of carbonyl (C=O) groups excluding carboxylic acids is 1. The smallest absolute Gasteiger partial charge is 0.177 e. The summed E-state index contributed by atoms with van der Waals surface area (Å²) in [6.07, 6.45) is 4.38. The van der Waals surface area contributed by atoms with E-state index in [1.165, 1.54) is 23.1 Å². The molecule has 1 N–H and O–H groups in total. The number of carbonyl (C=O) groups is 1. The Kier molecular flexibility index (Phi) is 4.10. The van der Waals surface area contributed by atoms with Crippen LogP contribution < -0.4 is 0 Å². The van der Waals surface area contributed by atoms with E-state index in [0.29, 0.717) is 0 Å². The van der Waals surface area contributed by atoms with Crippen LogP contribution in [0.1, 0.15) is 0 Å². The topological polar surface area (TPSA) is 32.9 Å². The maximum Gasteiger partial charge on any atom is 0.177 e. The molecule has 0 radical (unpaired) electrons. The van der Waals surface area contributed by atoms with E-state index in [-0.39, 0.29) is 5.78 Å². The highest BCUT2D eigenvalue weighted by Crippen LogP contribution is 2.09. The van der Waals surface area contributed by atoms with Crippen LogP contribution in [-0.4, -0.2) is 10.8 Å². The summed E-state index contributed by atoms with van der Waals surface area (Å²) in [5.41, 5.74) is 1.21. The zero-order valence-electron chi connectivity index (χ0n) is 8.44. The molecule has 0 saturated heterocycles. The van der Waals surface area contributed by atoms with Crippen LogP contribution >= 0.6 is 0 Å². The zero-order valence-corrected chi connectivity index (χ0v) is 8.44. The van der Waals surface area contributed by atoms with Crippen molar-refractivity contribution in [3.63, 3.8) is 0 Å². The number of H-pyrrole nitrogens is 1. The van der Waals surface area contributed by atoms with E-state index >= 15 is 0 Å². The normalized spacial score (nSPS) is 8.80. The Morgan fingerprint density at radius 3 is 2.33 bits per heavy atom. The number of benzene rings is 1. The molecule has 15 heavy (non-hydrogen) atoms. The largest absolute Gasteiger partial charge is 0.361 e. The summed E-state index contributed by atoms with van der Waals surface area (Å²) >= 11 is 0. The Morgan fingerprint density at radius 1 is 1.13 bits per heavy atom. The number of allylic oxidation sites excluding steroid dienone is 2. The molecule has 0 amide bonds. The molecule has 0 spiro atoms. The third kappa shape index (κ3) is 3.27. The molecule has 1 aromatic heterocycles. The molecule has 2 heteroatoms. The predicted octanol–water partition coefficient (Wildman–Crippen LogP) is 3.10. The summed E-state index contributed by atoms with van der Waals surface area (Å²) in [6, 6.07) is 10.3. The van der Waals surface area contributed by atoms with Crippen molar-refractivity contribution >= 4 is 16.7 Å². The quantitative estimate of drug-likeness (QED) is 0.741. The van der Waals surface area contributed by atoms with E-state index in [4.69, 9.17) is 0 Å². The molecule has 2 aromatic rings. The first kappa shape index (κ1) is 11.0. The lowest BCUT2D eigenvalue weighted by Crippen LogP contribution is -1.78. The molecular weight excluding hydrogens is 186 g/mol. The van der Waals surface area contributed by atoms with Crippen molar-refractivity contribution in [3.05, 3.63) is 61.8 Å². The number of para-hydroxylation sites is 1. The van der Waals surface area contributed by atoms with Crippen LogP contribution in [0.25, 0.3) is 10.9 Å². The van der Waals surface area contributed by atoms with Gasteiger partial charge >= 0.3 is 0 Å². The molecule has 2 nitrogen and oxygen atoms in total. The van der Waals surface area contributed by atoms with Gasteiger partial charge in [0.1, 0.15) is 0 Å². The fourth-order valence-corrected chi connectivity index (χ4v) is 1.08. The molecular formula is C13H13NO. The van der Waals surface area contributed by atoms with E-state index in [2.05, 4.69) is 36.3 Å². The van der Waals surface area contributed by atoms with Gasteiger partial charge in [0, 0.05) is 11.7 Å². The fourth-order valence-electron chi connectivity index (χ4n) is 1.08. The van der Waals surface area contributed by atoms with Gasteiger partial charge in [0.15, 0.2) is 5.78 Å². The predicted molar refractivity (Wildman–Crippen MR) is 63.7 cm³/mol. The highest BCUT2D eigenvalue weighted by atomic mass is 16.1. The van der Waals surface area contributed by atoms with Gasteiger partial charge in [-0.1, -0.05) is 31.4 Å². The van der Waals surface area contributed by atoms with Gasteiger partial charge in [0.05, 0.1) is 0 Å². The summed E-state index contributed by atoms with van der Waals surface area (Å²) in [5.74, 6) is -0.130. The van der Waals surface area contributed by atoms with Crippen LogP contribution in [0.15, 0.2) is 61.8 Å². The number of fused-ring (bicyclic) bond motifs is 1. The number of aromatic nitrogens is 1. The molecule has 1 heterocycles. The average molecular weight is 199 g/mol. The lowest BCUT2D eigenvalue weighted by Gasteiger charge is -1.83. The Labute approximate surface area is 88.9 Å². The van der Waals surface area contributed by atoms with Crippen LogP contribution in [0.2, 0.25) is 0 Å². The second-order valence-electron chi connectivity index (χ2n) is 2.88. The van der Waals surface area contributed by atoms with Gasteiger partial charge in [-0.25, -0.2) is 0 Å². The minimum absolute atomic E-state index is 0.130. The van der Waals surface area contributed by atoms with Crippen molar-refractivity contribution in [1.82, 2.24) is 4.98 Å². The second kappa shape index (κ2) is 5.60. The Hall–Kier alpha value is -2.09. The molecule has 0 unspecified atom stereocenters. The van der Waals surface area contributed by atoms with Crippen molar-refractivity contribution in [1.29, 1.82) is 0 Å². The maximum atomic E-state index is 9.94. The monoisotopic (exact) mass is 199 g/mol. The van der Waals surface area contributed by atoms with Crippen LogP contribution in [0.5, 0.6) is 0 Å². The first-order chi connectivity index (χ1) is 7.27. The van der Waals surface area contributed by atoms with Gasteiger partial charge in [0.25, 0.3) is 0 Å². The number of hydrogen-bond donors (Lipinski definition) is 1. The van der Waals surface area contributed by atoms with Crippen molar-refractivity contribution in [3.8, 4) is 0 Å². The van der Waals surface area contributed by atoms with Crippen LogP contribution in [0.3, 0.4) is 0 Å². The molecule has 1 aromatic carbocycles. The Bertz CT molecular complexity index is 428. The molecule has 2 rings (SSSR count). The van der Waals surface area contributed by atoms with Crippen molar-refractivity contribution < 1.29 is 4.79 Å². The van der Waals surface area contributed by atoms with Crippen LogP contribution in [0.4, 0.5) is 0 Å². The summed E-state index contributed by atoms with van der Waals surface area (Å²) in [6.45, 7) is 6.42. The number of nitrogens with one attached hydrogen (secondary N) is 1. The Balaban J connectivity index is 0.000000167. The molecule has 0 fully saturated rings. The van der Waals surface area contributed by atoms with E-state index < -0.39 is 0 Å². The summed E-state index contributed by atoms with van der Waals surface area (Å²) in [7, 11) is 0. The summed E-state index contributed by atoms with van der Waals surface area (Å²) in [5, 5.41) is 1.28. The number of aromatic amines is 1. The zero-order chi connectivity index (χ0) is 11.1. The molecule has 0 saturated carbocycles. The summed E-state index contributed by atoms with van der Waals surface area (Å²) in [4.78, 5) is 13.1. The van der Waals surface area contributed by atoms with Gasteiger partial charge in [-0.2, -0.15) is 0 Å². The van der Waals surface area contributed by atoms with Crippen molar-refractivity contribution in [2.45, 2.75) is 0 Å². The van der Waals surface area contributed by atoms with Gasteiger partial charge in [0.2, 0.25) is 0 Å². The van der Waals surface area contributed by atoms with E-state index in [0.717, 1.165) is 0 Å². The first-order valence-electron chi connectivity index (χ1n) is 4.59. The molecule has 0 atom stereocenters. The highest BCUT2D eigenvalue weighted by molar-refractivity contribution is 5.98. The van der Waals surface area contributed by atoms with Gasteiger partial charge < -0.3 is 4.98 Å². The minimum Gasteiger partial charge on any atom is -0.361 e. The third-order valence-corrected chi connectivity index (χ3v) is 1.86. The number of rotatable bonds is 2. The lowest BCUT2D eigenvalue weighted by atomic mass is 10.3. The average Bonchev–Trinajstić information content (AvgIpc) is 2.76. The summed E-state index contributed by atoms with van der Waals surface area (Å²) < 4.78 is 0. The second-order valence-corrected chi connectivity index (χ2v) is 2.88. The van der Waals surface area contributed by atoms with Crippen molar-refractivity contribution in [2.24, 2.45) is 0 Å². The number of hydrogen-bond acceptors (Lipinski definition) is 1. The lowest BCUT2D eigenvalue weighted by molar-refractivity contribution is -0.110. The molecule has 0 aliphatic carbocycles. The third-order valence-electron chi connectivity index (χ3n) is 1.86. The van der Waals surface area contributed by atoms with Crippen molar-refractivity contribution in [2.75, 3.05) is 0 Å². The molecule has 76 valence electrons. The molecule has 0 aliphatic rings. The van der Waals surface area contributed by atoms with E-state index in [1.807, 2.05) is 18.3 Å². The van der Waals surface area contributed by atoms with Crippen LogP contribution in [0, 0.1) is 0 Å². The minimum atomic E-state index is -0.130. The fraction of sp³-hybridized carbons (Fsp3) is 0. The van der Waals surface area contributed by atoms with Gasteiger partial charge in [-0.05, 0) is 29.7 Å². The highest BCUT2D eigenvalue weighted by Gasteiger charge is 1.86. The first-order valence-corrected chi connectivity index (χ1v) is 4.59. The molecule has 0 bridgehead atoms. The molecule has 0 aliphatic heterocycles. The van der Waals surface area contributed by atoms with Gasteiger partial charge in [-0.15, -0.1) is 0 Å². The number of ketones is 1. The van der Waals surface area contributed by atoms with E-state index in [1.54, 1.807) is 0 Å².